The molecule has 0 amide bonds. The highest BCUT2D eigenvalue weighted by Crippen LogP contribution is 2.24. The molecule has 104 valence electrons. The van der Waals surface area contributed by atoms with E-state index in [1.165, 1.54) is 10.6 Å². The molecule has 19 heavy (non-hydrogen) atoms. The highest BCUT2D eigenvalue weighted by Gasteiger charge is 2.14. The first kappa shape index (κ1) is 14.1. The Balaban J connectivity index is 2.18. The summed E-state index contributed by atoms with van der Waals surface area (Å²) in [7, 11) is 0. The third kappa shape index (κ3) is 2.81. The molecule has 0 aromatic carbocycles. The number of hydrogen-bond acceptors (Lipinski definition) is 4. The number of thiazole rings is 1. The minimum absolute atomic E-state index is 0.390. The Morgan fingerprint density at radius 3 is 2.32 bits per heavy atom. The van der Waals surface area contributed by atoms with Gasteiger partial charge in [0.2, 0.25) is 0 Å². The number of aryl methyl sites for hydroxylation is 3. The summed E-state index contributed by atoms with van der Waals surface area (Å²) >= 11 is 1.76. The van der Waals surface area contributed by atoms with Gasteiger partial charge in [-0.2, -0.15) is 5.10 Å². The molecule has 0 aliphatic heterocycles. The predicted octanol–water partition coefficient (Wildman–Crippen LogP) is 3.77. The zero-order chi connectivity index (χ0) is 14.2. The van der Waals surface area contributed by atoms with Crippen LogP contribution in [0.25, 0.3) is 0 Å². The maximum atomic E-state index is 4.59. The molecule has 0 saturated carbocycles. The monoisotopic (exact) mass is 278 g/mol. The lowest BCUT2D eigenvalue weighted by Crippen LogP contribution is -2.06. The second kappa shape index (κ2) is 5.33. The van der Waals surface area contributed by atoms with Crippen molar-refractivity contribution in [3.05, 3.63) is 27.0 Å². The Morgan fingerprint density at radius 1 is 1.16 bits per heavy atom. The molecule has 0 bridgehead atoms. The summed E-state index contributed by atoms with van der Waals surface area (Å²) in [5.74, 6) is 0. The van der Waals surface area contributed by atoms with Gasteiger partial charge in [0, 0.05) is 10.9 Å². The molecular formula is C14H22N4S. The van der Waals surface area contributed by atoms with E-state index in [9.17, 15) is 0 Å². The average Bonchev–Trinajstić information content (AvgIpc) is 2.77. The van der Waals surface area contributed by atoms with E-state index in [4.69, 9.17) is 0 Å². The van der Waals surface area contributed by atoms with Crippen molar-refractivity contribution < 1.29 is 0 Å². The van der Waals surface area contributed by atoms with Crippen LogP contribution >= 0.6 is 11.3 Å². The molecule has 0 aliphatic rings. The molecule has 2 aromatic heterocycles. The minimum atomic E-state index is 0.390. The number of nitrogens with one attached hydrogen (secondary N) is 1. The molecule has 1 N–H and O–H groups in total. The van der Waals surface area contributed by atoms with Gasteiger partial charge in [-0.1, -0.05) is 0 Å². The molecule has 2 aromatic rings. The van der Waals surface area contributed by atoms with Crippen molar-refractivity contribution in [3.8, 4) is 0 Å². The van der Waals surface area contributed by atoms with E-state index in [0.29, 0.717) is 6.04 Å². The van der Waals surface area contributed by atoms with E-state index < -0.39 is 0 Å². The number of aromatic nitrogens is 3. The summed E-state index contributed by atoms with van der Waals surface area (Å²) in [5.41, 5.74) is 4.54. The third-order valence-corrected chi connectivity index (χ3v) is 4.31. The van der Waals surface area contributed by atoms with Crippen LogP contribution in [0.1, 0.15) is 46.9 Å². The number of nitrogens with zero attached hydrogens (tertiary/aromatic N) is 3. The minimum Gasteiger partial charge on any atom is -0.377 e. The summed E-state index contributed by atoms with van der Waals surface area (Å²) in [6.45, 7) is 13.4. The lowest BCUT2D eigenvalue weighted by Gasteiger charge is -2.09. The lowest BCUT2D eigenvalue weighted by atomic mass is 10.3. The van der Waals surface area contributed by atoms with Crippen LogP contribution in [0.4, 0.5) is 5.69 Å². The molecule has 4 nitrogen and oxygen atoms in total. The van der Waals surface area contributed by atoms with Gasteiger partial charge in [0.05, 0.1) is 34.3 Å². The molecule has 0 radical (unpaired) electrons. The van der Waals surface area contributed by atoms with Gasteiger partial charge in [0.15, 0.2) is 0 Å². The van der Waals surface area contributed by atoms with E-state index in [0.717, 1.165) is 28.6 Å². The fraction of sp³-hybridized carbons (Fsp3) is 0.571. The predicted molar refractivity (Wildman–Crippen MR) is 81.0 cm³/mol. The Morgan fingerprint density at radius 2 is 1.84 bits per heavy atom. The molecule has 0 aliphatic carbocycles. The summed E-state index contributed by atoms with van der Waals surface area (Å²) in [4.78, 5) is 5.76. The molecular weight excluding hydrogens is 256 g/mol. The van der Waals surface area contributed by atoms with Crippen molar-refractivity contribution in [2.45, 2.75) is 54.1 Å². The van der Waals surface area contributed by atoms with Crippen LogP contribution in [0.5, 0.6) is 0 Å². The normalized spacial score (nSPS) is 11.3. The first-order valence-corrected chi connectivity index (χ1v) is 7.44. The van der Waals surface area contributed by atoms with E-state index in [1.54, 1.807) is 11.3 Å². The van der Waals surface area contributed by atoms with E-state index in [1.807, 2.05) is 0 Å². The van der Waals surface area contributed by atoms with Crippen LogP contribution < -0.4 is 5.32 Å². The molecule has 2 heterocycles. The quantitative estimate of drug-likeness (QED) is 0.926. The number of anilines is 1. The van der Waals surface area contributed by atoms with Crippen LogP contribution in [-0.2, 0) is 6.54 Å². The van der Waals surface area contributed by atoms with Crippen molar-refractivity contribution >= 4 is 17.0 Å². The SMILES string of the molecule is Cc1nc(C)c(CNc2c(C)nn(C(C)C)c2C)s1. The summed E-state index contributed by atoms with van der Waals surface area (Å²) in [5, 5.41) is 9.23. The number of hydrogen-bond donors (Lipinski definition) is 1. The van der Waals surface area contributed by atoms with Crippen LogP contribution in [0.2, 0.25) is 0 Å². The summed E-state index contributed by atoms with van der Waals surface area (Å²) < 4.78 is 2.07. The van der Waals surface area contributed by atoms with E-state index in [2.05, 4.69) is 61.6 Å². The highest BCUT2D eigenvalue weighted by molar-refractivity contribution is 7.11. The van der Waals surface area contributed by atoms with Crippen LogP contribution in [0, 0.1) is 27.7 Å². The Bertz CT molecular complexity index is 581. The maximum absolute atomic E-state index is 4.59. The smallest absolute Gasteiger partial charge is 0.0900 e. The van der Waals surface area contributed by atoms with Gasteiger partial charge in [0.25, 0.3) is 0 Å². The van der Waals surface area contributed by atoms with Crippen LogP contribution in [0.3, 0.4) is 0 Å². The maximum Gasteiger partial charge on any atom is 0.0900 e. The zero-order valence-electron chi connectivity index (χ0n) is 12.5. The fourth-order valence-electron chi connectivity index (χ4n) is 2.33. The largest absolute Gasteiger partial charge is 0.377 e. The first-order valence-electron chi connectivity index (χ1n) is 6.62. The Kier molecular flexibility index (Phi) is 3.94. The van der Waals surface area contributed by atoms with Gasteiger partial charge in [-0.05, 0) is 41.5 Å². The second-order valence-electron chi connectivity index (χ2n) is 5.18. The highest BCUT2D eigenvalue weighted by atomic mass is 32.1. The van der Waals surface area contributed by atoms with Gasteiger partial charge in [-0.15, -0.1) is 11.3 Å². The number of rotatable bonds is 4. The van der Waals surface area contributed by atoms with Gasteiger partial charge < -0.3 is 5.32 Å². The van der Waals surface area contributed by atoms with Crippen molar-refractivity contribution in [1.82, 2.24) is 14.8 Å². The second-order valence-corrected chi connectivity index (χ2v) is 6.47. The first-order chi connectivity index (χ1) is 8.90. The summed E-state index contributed by atoms with van der Waals surface area (Å²) in [6.07, 6.45) is 0. The van der Waals surface area contributed by atoms with E-state index in [-0.39, 0.29) is 0 Å². The zero-order valence-corrected chi connectivity index (χ0v) is 13.4. The van der Waals surface area contributed by atoms with Gasteiger partial charge >= 0.3 is 0 Å². The molecule has 0 saturated heterocycles. The van der Waals surface area contributed by atoms with Crippen molar-refractivity contribution in [2.24, 2.45) is 0 Å². The van der Waals surface area contributed by atoms with Gasteiger partial charge in [-0.25, -0.2) is 4.98 Å². The Labute approximate surface area is 118 Å². The van der Waals surface area contributed by atoms with Crippen molar-refractivity contribution in [2.75, 3.05) is 5.32 Å². The molecule has 0 unspecified atom stereocenters. The van der Waals surface area contributed by atoms with Crippen LogP contribution in [-0.4, -0.2) is 14.8 Å². The Hall–Kier alpha value is -1.36. The molecule has 0 atom stereocenters. The fourth-order valence-corrected chi connectivity index (χ4v) is 3.20. The molecule has 2 rings (SSSR count). The standard InChI is InChI=1S/C14H22N4S/c1-8(2)18-11(5)14(10(4)17-18)15-7-13-9(3)16-12(6)19-13/h8,15H,7H2,1-6H3. The van der Waals surface area contributed by atoms with Gasteiger partial charge in [0.1, 0.15) is 0 Å². The topological polar surface area (TPSA) is 42.7 Å². The lowest BCUT2D eigenvalue weighted by molar-refractivity contribution is 0.516. The molecule has 0 spiro atoms. The van der Waals surface area contributed by atoms with E-state index >= 15 is 0 Å². The average molecular weight is 278 g/mol. The van der Waals surface area contributed by atoms with Crippen LogP contribution in [0.15, 0.2) is 0 Å². The third-order valence-electron chi connectivity index (χ3n) is 3.24. The summed E-state index contributed by atoms with van der Waals surface area (Å²) in [6, 6.07) is 0.390. The molecule has 5 heteroatoms. The van der Waals surface area contributed by atoms with Crippen molar-refractivity contribution in [3.63, 3.8) is 0 Å². The van der Waals surface area contributed by atoms with Gasteiger partial charge in [-0.3, -0.25) is 4.68 Å². The molecule has 0 fully saturated rings. The van der Waals surface area contributed by atoms with Crippen molar-refractivity contribution in [1.29, 1.82) is 0 Å².